The first kappa shape index (κ1) is 13.5. The molecule has 0 saturated heterocycles. The van der Waals surface area contributed by atoms with Crippen molar-refractivity contribution >= 4 is 9.84 Å². The Labute approximate surface area is 123 Å². The minimum atomic E-state index is -3.60. The van der Waals surface area contributed by atoms with Crippen molar-refractivity contribution in [3.05, 3.63) is 78.9 Å². The smallest absolute Gasteiger partial charge is 0.223 e. The molecule has 3 aromatic rings. The minimum Gasteiger partial charge on any atom is -0.235 e. The lowest BCUT2D eigenvalue weighted by Crippen LogP contribution is -2.04. The first-order valence-electron chi connectivity index (χ1n) is 6.42. The molecule has 0 aliphatic rings. The molecule has 2 aromatic carbocycles. The molecule has 0 aliphatic heterocycles. The molecule has 0 amide bonds. The molecule has 1 heterocycles. The summed E-state index contributed by atoms with van der Waals surface area (Å²) in [6, 6.07) is 23.7. The summed E-state index contributed by atoms with van der Waals surface area (Å²) in [5.41, 5.74) is 1.36. The average Bonchev–Trinajstić information content (AvgIpc) is 2.57. The van der Waals surface area contributed by atoms with Crippen LogP contribution in [0.2, 0.25) is 0 Å². The van der Waals surface area contributed by atoms with Crippen LogP contribution in [0.4, 0.5) is 0 Å². The van der Waals surface area contributed by atoms with Crippen LogP contribution in [0.3, 0.4) is 0 Å². The number of benzene rings is 2. The second kappa shape index (κ2) is 5.50. The summed E-state index contributed by atoms with van der Waals surface area (Å²) in [4.78, 5) is 4.49. The minimum absolute atomic E-state index is 0.0336. The van der Waals surface area contributed by atoms with Gasteiger partial charge >= 0.3 is 0 Å². The van der Waals surface area contributed by atoms with Crippen molar-refractivity contribution in [3.63, 3.8) is 0 Å². The van der Waals surface area contributed by atoms with Gasteiger partial charge in [0.25, 0.3) is 0 Å². The summed E-state index contributed by atoms with van der Waals surface area (Å²) < 4.78 is 25.1. The maximum atomic E-state index is 12.5. The summed E-state index contributed by atoms with van der Waals surface area (Å²) >= 11 is 0. The van der Waals surface area contributed by atoms with Gasteiger partial charge < -0.3 is 0 Å². The highest BCUT2D eigenvalue weighted by atomic mass is 32.2. The van der Waals surface area contributed by atoms with Gasteiger partial charge in [-0.05, 0) is 24.3 Å². The number of sulfone groups is 1. The van der Waals surface area contributed by atoms with Crippen LogP contribution in [0, 0.1) is 6.07 Å². The first-order valence-corrected chi connectivity index (χ1v) is 7.90. The molecule has 3 rings (SSSR count). The van der Waals surface area contributed by atoms with Crippen LogP contribution in [-0.2, 0) is 9.84 Å². The molecule has 103 valence electrons. The van der Waals surface area contributed by atoms with Crippen molar-refractivity contribution in [3.8, 4) is 11.3 Å². The van der Waals surface area contributed by atoms with Gasteiger partial charge in [-0.25, -0.2) is 13.4 Å². The predicted molar refractivity (Wildman–Crippen MR) is 80.4 cm³/mol. The predicted octanol–water partition coefficient (Wildman–Crippen LogP) is 3.38. The van der Waals surface area contributed by atoms with Crippen LogP contribution in [0.1, 0.15) is 0 Å². The maximum absolute atomic E-state index is 12.5. The second-order valence-corrected chi connectivity index (χ2v) is 6.36. The Hall–Kier alpha value is -2.46. The third-order valence-corrected chi connectivity index (χ3v) is 4.71. The fraction of sp³-hybridized carbons (Fsp3) is 0. The lowest BCUT2D eigenvalue weighted by atomic mass is 10.1. The van der Waals surface area contributed by atoms with Gasteiger partial charge in [0.15, 0.2) is 5.03 Å². The second-order valence-electron chi connectivity index (χ2n) is 4.46. The highest BCUT2D eigenvalue weighted by molar-refractivity contribution is 7.91. The Morgan fingerprint density at radius 3 is 2.10 bits per heavy atom. The topological polar surface area (TPSA) is 47.0 Å². The highest BCUT2D eigenvalue weighted by Crippen LogP contribution is 2.22. The monoisotopic (exact) mass is 294 g/mol. The van der Waals surface area contributed by atoms with Gasteiger partial charge in [-0.2, -0.15) is 0 Å². The van der Waals surface area contributed by atoms with Crippen LogP contribution in [0.5, 0.6) is 0 Å². The standard InChI is InChI=1S/C17H12NO2S/c19-21(20,15-10-5-2-6-11-15)17-13-7-12-16(18-17)14-8-3-1-4-9-14/h1-11,13H. The van der Waals surface area contributed by atoms with E-state index >= 15 is 0 Å². The van der Waals surface area contributed by atoms with E-state index in [0.717, 1.165) is 5.56 Å². The van der Waals surface area contributed by atoms with Crippen molar-refractivity contribution in [2.45, 2.75) is 9.92 Å². The molecule has 4 heteroatoms. The molecule has 0 atom stereocenters. The molecule has 0 aliphatic carbocycles. The molecule has 0 unspecified atom stereocenters. The average molecular weight is 294 g/mol. The van der Waals surface area contributed by atoms with E-state index in [1.807, 2.05) is 30.3 Å². The fourth-order valence-electron chi connectivity index (χ4n) is 1.99. The summed E-state index contributed by atoms with van der Waals surface area (Å²) in [7, 11) is -3.60. The Morgan fingerprint density at radius 1 is 0.810 bits per heavy atom. The summed E-state index contributed by atoms with van der Waals surface area (Å²) in [5.74, 6) is 0. The lowest BCUT2D eigenvalue weighted by Gasteiger charge is -2.06. The van der Waals surface area contributed by atoms with E-state index in [4.69, 9.17) is 0 Å². The summed E-state index contributed by atoms with van der Waals surface area (Å²) in [6.45, 7) is 0. The number of nitrogens with zero attached hydrogens (tertiary/aromatic N) is 1. The van der Waals surface area contributed by atoms with E-state index in [2.05, 4.69) is 11.1 Å². The van der Waals surface area contributed by atoms with E-state index in [1.165, 1.54) is 6.07 Å². The number of rotatable bonds is 3. The van der Waals surface area contributed by atoms with Crippen LogP contribution in [-0.4, -0.2) is 13.4 Å². The van der Waals surface area contributed by atoms with E-state index in [-0.39, 0.29) is 9.92 Å². The van der Waals surface area contributed by atoms with Gasteiger partial charge in [0.1, 0.15) is 0 Å². The maximum Gasteiger partial charge on any atom is 0.223 e. The van der Waals surface area contributed by atoms with Crippen molar-refractivity contribution in [2.24, 2.45) is 0 Å². The molecular weight excluding hydrogens is 282 g/mol. The molecule has 0 spiro atoms. The number of aromatic nitrogens is 1. The third-order valence-electron chi connectivity index (χ3n) is 3.04. The summed E-state index contributed by atoms with van der Waals surface area (Å²) in [6.07, 6.45) is 0. The SMILES string of the molecule is O=S(=O)(c1ccccc1)c1cc[c]c(-c2ccccc2)n1. The molecule has 0 saturated carbocycles. The molecular formula is C17H12NO2S. The quantitative estimate of drug-likeness (QED) is 0.744. The molecule has 0 fully saturated rings. The molecule has 21 heavy (non-hydrogen) atoms. The molecule has 0 bridgehead atoms. The van der Waals surface area contributed by atoms with E-state index in [9.17, 15) is 8.42 Å². The lowest BCUT2D eigenvalue weighted by molar-refractivity contribution is 0.592. The van der Waals surface area contributed by atoms with Crippen molar-refractivity contribution < 1.29 is 8.42 Å². The van der Waals surface area contributed by atoms with Crippen LogP contribution < -0.4 is 0 Å². The molecule has 0 N–H and O–H groups in total. The van der Waals surface area contributed by atoms with Crippen molar-refractivity contribution in [1.82, 2.24) is 4.98 Å². The summed E-state index contributed by atoms with van der Waals surface area (Å²) in [5, 5.41) is 0.0336. The normalized spacial score (nSPS) is 11.2. The zero-order valence-corrected chi connectivity index (χ0v) is 11.9. The fourth-order valence-corrected chi connectivity index (χ4v) is 3.20. The zero-order chi connectivity index (χ0) is 14.7. The molecule has 1 radical (unpaired) electrons. The van der Waals surface area contributed by atoms with Gasteiger partial charge in [-0.3, -0.25) is 0 Å². The highest BCUT2D eigenvalue weighted by Gasteiger charge is 2.19. The Morgan fingerprint density at radius 2 is 1.43 bits per heavy atom. The Kier molecular flexibility index (Phi) is 3.54. The van der Waals surface area contributed by atoms with Crippen LogP contribution >= 0.6 is 0 Å². The number of pyridine rings is 1. The van der Waals surface area contributed by atoms with Gasteiger partial charge in [0.2, 0.25) is 9.84 Å². The van der Waals surface area contributed by atoms with Crippen LogP contribution in [0.15, 0.2) is 82.7 Å². The Balaban J connectivity index is 2.09. The van der Waals surface area contributed by atoms with Gasteiger partial charge in [-0.1, -0.05) is 48.5 Å². The third kappa shape index (κ3) is 2.71. The molecule has 1 aromatic heterocycles. The van der Waals surface area contributed by atoms with E-state index in [1.54, 1.807) is 36.4 Å². The molecule has 3 nitrogen and oxygen atoms in total. The van der Waals surface area contributed by atoms with Crippen LogP contribution in [0.25, 0.3) is 11.3 Å². The Bertz CT molecular complexity index is 844. The first-order chi connectivity index (χ1) is 10.2. The van der Waals surface area contributed by atoms with Gasteiger partial charge in [-0.15, -0.1) is 0 Å². The van der Waals surface area contributed by atoms with Crippen molar-refractivity contribution in [1.29, 1.82) is 0 Å². The van der Waals surface area contributed by atoms with E-state index < -0.39 is 9.84 Å². The number of hydrogen-bond donors (Lipinski definition) is 0. The van der Waals surface area contributed by atoms with Gasteiger partial charge in [0.05, 0.1) is 10.6 Å². The van der Waals surface area contributed by atoms with Crippen molar-refractivity contribution in [2.75, 3.05) is 0 Å². The number of hydrogen-bond acceptors (Lipinski definition) is 3. The largest absolute Gasteiger partial charge is 0.235 e. The zero-order valence-electron chi connectivity index (χ0n) is 11.1. The van der Waals surface area contributed by atoms with E-state index in [0.29, 0.717) is 5.69 Å². The van der Waals surface area contributed by atoms with Gasteiger partial charge in [0, 0.05) is 11.6 Å².